The molecule has 94 valence electrons. The average molecular weight is 228 g/mol. The van der Waals surface area contributed by atoms with Crippen molar-refractivity contribution in [1.82, 2.24) is 10.2 Å². The minimum absolute atomic E-state index is 0.400. The summed E-state index contributed by atoms with van der Waals surface area (Å²) in [6.45, 7) is 9.28. The molecule has 2 aliphatic heterocycles. The molecule has 0 spiro atoms. The number of rotatable bonds is 4. The molecule has 16 heavy (non-hydrogen) atoms. The molecule has 1 unspecified atom stereocenters. The number of nitrogens with zero attached hydrogens (tertiary/aromatic N) is 1. The molecule has 2 saturated heterocycles. The summed E-state index contributed by atoms with van der Waals surface area (Å²) < 4.78 is 10.9. The van der Waals surface area contributed by atoms with Gasteiger partial charge in [0.2, 0.25) is 0 Å². The molecular weight excluding hydrogens is 204 g/mol. The van der Waals surface area contributed by atoms with E-state index >= 15 is 0 Å². The SMILES string of the molecule is CC1CN(CCNC2CCOCC2)CCO1. The molecule has 0 aromatic heterocycles. The standard InChI is InChI=1S/C12H24N2O2/c1-11-10-14(6-9-16-11)5-4-13-12-2-7-15-8-3-12/h11-13H,2-10H2,1H3. The van der Waals surface area contributed by atoms with Gasteiger partial charge in [0.1, 0.15) is 0 Å². The lowest BCUT2D eigenvalue weighted by atomic mass is 10.1. The second-order valence-electron chi connectivity index (χ2n) is 4.82. The molecule has 2 rings (SSSR count). The Morgan fingerprint density at radius 1 is 1.25 bits per heavy atom. The quantitative estimate of drug-likeness (QED) is 0.758. The van der Waals surface area contributed by atoms with Crippen LogP contribution in [0.4, 0.5) is 0 Å². The second-order valence-corrected chi connectivity index (χ2v) is 4.82. The Hall–Kier alpha value is -0.160. The molecule has 4 nitrogen and oxygen atoms in total. The van der Waals surface area contributed by atoms with Gasteiger partial charge >= 0.3 is 0 Å². The summed E-state index contributed by atoms with van der Waals surface area (Å²) in [6.07, 6.45) is 2.73. The molecule has 0 aromatic rings. The Morgan fingerprint density at radius 3 is 2.81 bits per heavy atom. The number of morpholine rings is 1. The van der Waals surface area contributed by atoms with E-state index in [4.69, 9.17) is 9.47 Å². The van der Waals surface area contributed by atoms with Crippen LogP contribution in [0.3, 0.4) is 0 Å². The predicted octanol–water partition coefficient (Wildman–Crippen LogP) is 0.476. The van der Waals surface area contributed by atoms with Gasteiger partial charge in [0.15, 0.2) is 0 Å². The van der Waals surface area contributed by atoms with Crippen LogP contribution in [-0.2, 0) is 9.47 Å². The highest BCUT2D eigenvalue weighted by Crippen LogP contribution is 2.06. The molecule has 1 atom stereocenters. The maximum atomic E-state index is 5.53. The summed E-state index contributed by atoms with van der Waals surface area (Å²) in [5.41, 5.74) is 0. The second kappa shape index (κ2) is 6.55. The molecule has 0 bridgehead atoms. The zero-order valence-corrected chi connectivity index (χ0v) is 10.3. The van der Waals surface area contributed by atoms with Gasteiger partial charge in [-0.25, -0.2) is 0 Å². The maximum Gasteiger partial charge on any atom is 0.0674 e. The molecular formula is C12H24N2O2. The first-order valence-corrected chi connectivity index (χ1v) is 6.49. The number of hydrogen-bond donors (Lipinski definition) is 1. The number of hydrogen-bond acceptors (Lipinski definition) is 4. The van der Waals surface area contributed by atoms with Gasteiger partial charge in [0.05, 0.1) is 12.7 Å². The molecule has 0 aromatic carbocycles. The third-order valence-electron chi connectivity index (χ3n) is 3.41. The van der Waals surface area contributed by atoms with Gasteiger partial charge in [-0.1, -0.05) is 0 Å². The fourth-order valence-electron chi connectivity index (χ4n) is 2.42. The highest BCUT2D eigenvalue weighted by atomic mass is 16.5. The smallest absolute Gasteiger partial charge is 0.0674 e. The van der Waals surface area contributed by atoms with E-state index in [0.717, 1.165) is 46.0 Å². The number of ether oxygens (including phenoxy) is 2. The van der Waals surface area contributed by atoms with E-state index in [9.17, 15) is 0 Å². The van der Waals surface area contributed by atoms with Crippen LogP contribution in [0.1, 0.15) is 19.8 Å². The minimum atomic E-state index is 0.400. The van der Waals surface area contributed by atoms with Gasteiger partial charge in [-0.2, -0.15) is 0 Å². The average Bonchev–Trinajstić information content (AvgIpc) is 2.30. The van der Waals surface area contributed by atoms with Crippen LogP contribution < -0.4 is 5.32 Å². The Kier molecular flexibility index (Phi) is 5.03. The third kappa shape index (κ3) is 4.01. The van der Waals surface area contributed by atoms with E-state index in [1.807, 2.05) is 0 Å². The van der Waals surface area contributed by atoms with Crippen LogP contribution in [-0.4, -0.2) is 63.0 Å². The van der Waals surface area contributed by atoms with E-state index in [-0.39, 0.29) is 0 Å². The molecule has 0 amide bonds. The maximum absolute atomic E-state index is 5.53. The van der Waals surface area contributed by atoms with Crippen LogP contribution in [0, 0.1) is 0 Å². The van der Waals surface area contributed by atoms with Gasteiger partial charge in [-0.3, -0.25) is 4.90 Å². The van der Waals surface area contributed by atoms with Gasteiger partial charge in [-0.05, 0) is 19.8 Å². The Morgan fingerprint density at radius 2 is 2.06 bits per heavy atom. The van der Waals surface area contributed by atoms with E-state index < -0.39 is 0 Å². The summed E-state index contributed by atoms with van der Waals surface area (Å²) >= 11 is 0. The molecule has 2 aliphatic rings. The largest absolute Gasteiger partial charge is 0.381 e. The summed E-state index contributed by atoms with van der Waals surface area (Å²) in [5, 5.41) is 3.62. The third-order valence-corrected chi connectivity index (χ3v) is 3.41. The van der Waals surface area contributed by atoms with Crippen LogP contribution in [0.5, 0.6) is 0 Å². The first-order valence-electron chi connectivity index (χ1n) is 6.49. The first kappa shape index (κ1) is 12.3. The van der Waals surface area contributed by atoms with Crippen molar-refractivity contribution in [3.63, 3.8) is 0 Å². The van der Waals surface area contributed by atoms with Crippen molar-refractivity contribution < 1.29 is 9.47 Å². The van der Waals surface area contributed by atoms with Crippen molar-refractivity contribution >= 4 is 0 Å². The van der Waals surface area contributed by atoms with Crippen molar-refractivity contribution in [2.24, 2.45) is 0 Å². The zero-order valence-electron chi connectivity index (χ0n) is 10.3. The lowest BCUT2D eigenvalue weighted by Gasteiger charge is -2.32. The monoisotopic (exact) mass is 228 g/mol. The van der Waals surface area contributed by atoms with Crippen molar-refractivity contribution in [2.75, 3.05) is 46.0 Å². The molecule has 0 radical (unpaired) electrons. The molecule has 2 heterocycles. The van der Waals surface area contributed by atoms with Crippen molar-refractivity contribution in [2.45, 2.75) is 31.9 Å². The Balaban J connectivity index is 1.56. The fraction of sp³-hybridized carbons (Fsp3) is 1.00. The molecule has 0 aliphatic carbocycles. The highest BCUT2D eigenvalue weighted by molar-refractivity contribution is 4.73. The molecule has 1 N–H and O–H groups in total. The first-order chi connectivity index (χ1) is 7.84. The van der Waals surface area contributed by atoms with Gasteiger partial charge < -0.3 is 14.8 Å². The van der Waals surface area contributed by atoms with Crippen LogP contribution >= 0.6 is 0 Å². The summed E-state index contributed by atoms with van der Waals surface area (Å²) in [5.74, 6) is 0. The van der Waals surface area contributed by atoms with Crippen LogP contribution in [0.2, 0.25) is 0 Å². The minimum Gasteiger partial charge on any atom is -0.381 e. The van der Waals surface area contributed by atoms with E-state index in [0.29, 0.717) is 12.1 Å². The van der Waals surface area contributed by atoms with Gasteiger partial charge in [0, 0.05) is 45.4 Å². The van der Waals surface area contributed by atoms with E-state index in [1.54, 1.807) is 0 Å². The lowest BCUT2D eigenvalue weighted by Crippen LogP contribution is -2.45. The predicted molar refractivity (Wildman–Crippen MR) is 63.7 cm³/mol. The highest BCUT2D eigenvalue weighted by Gasteiger charge is 2.17. The fourth-order valence-corrected chi connectivity index (χ4v) is 2.42. The summed E-state index contributed by atoms with van der Waals surface area (Å²) in [7, 11) is 0. The summed E-state index contributed by atoms with van der Waals surface area (Å²) in [4.78, 5) is 2.49. The number of nitrogens with one attached hydrogen (secondary N) is 1. The molecule has 2 fully saturated rings. The normalized spacial score (nSPS) is 29.4. The van der Waals surface area contributed by atoms with Crippen LogP contribution in [0.25, 0.3) is 0 Å². The van der Waals surface area contributed by atoms with E-state index in [1.165, 1.54) is 12.8 Å². The topological polar surface area (TPSA) is 33.7 Å². The zero-order chi connectivity index (χ0) is 11.2. The Labute approximate surface area is 98.3 Å². The van der Waals surface area contributed by atoms with E-state index in [2.05, 4.69) is 17.1 Å². The molecule has 4 heteroatoms. The van der Waals surface area contributed by atoms with Crippen LogP contribution in [0.15, 0.2) is 0 Å². The van der Waals surface area contributed by atoms with Crippen molar-refractivity contribution in [1.29, 1.82) is 0 Å². The van der Waals surface area contributed by atoms with Crippen molar-refractivity contribution in [3.05, 3.63) is 0 Å². The Bertz CT molecular complexity index is 195. The van der Waals surface area contributed by atoms with Gasteiger partial charge in [-0.15, -0.1) is 0 Å². The van der Waals surface area contributed by atoms with Crippen molar-refractivity contribution in [3.8, 4) is 0 Å². The van der Waals surface area contributed by atoms with Gasteiger partial charge in [0.25, 0.3) is 0 Å². The molecule has 0 saturated carbocycles. The lowest BCUT2D eigenvalue weighted by molar-refractivity contribution is -0.0181. The summed E-state index contributed by atoms with van der Waals surface area (Å²) in [6, 6.07) is 0.673.